The van der Waals surface area contributed by atoms with Crippen molar-refractivity contribution in [1.29, 1.82) is 0 Å². The minimum Gasteiger partial charge on any atom is -0.340 e. The summed E-state index contributed by atoms with van der Waals surface area (Å²) in [6.45, 7) is 3.67. The number of hydrogen-bond acceptors (Lipinski definition) is 6. The topological polar surface area (TPSA) is 89.4 Å². The van der Waals surface area contributed by atoms with Gasteiger partial charge in [-0.3, -0.25) is 9.69 Å². The van der Waals surface area contributed by atoms with E-state index in [0.717, 1.165) is 10.6 Å². The van der Waals surface area contributed by atoms with E-state index in [1.807, 2.05) is 13.8 Å². The highest BCUT2D eigenvalue weighted by molar-refractivity contribution is 6.03. The van der Waals surface area contributed by atoms with E-state index < -0.39 is 12.2 Å². The molecule has 98 valence electrons. The number of rotatable bonds is 1. The molecule has 1 fully saturated rings. The number of nitrogens with one attached hydrogen (secondary N) is 2. The largest absolute Gasteiger partial charge is 0.340 e. The molecule has 8 nitrogen and oxygen atoms in total. The van der Waals surface area contributed by atoms with Crippen molar-refractivity contribution in [3.05, 3.63) is 0 Å². The average Bonchev–Trinajstić information content (AvgIpc) is 2.75. The number of likely N-dealkylation sites (N-methyl/N-ethyl adjacent to an activating group) is 2. The average molecular weight is 252 g/mol. The third kappa shape index (κ3) is 1.89. The van der Waals surface area contributed by atoms with Gasteiger partial charge in [-0.2, -0.15) is 5.10 Å². The van der Waals surface area contributed by atoms with E-state index >= 15 is 0 Å². The van der Waals surface area contributed by atoms with Gasteiger partial charge in [0, 0.05) is 19.8 Å². The molecule has 0 radical (unpaired) electrons. The fourth-order valence-electron chi connectivity index (χ4n) is 1.84. The zero-order valence-corrected chi connectivity index (χ0v) is 10.8. The van der Waals surface area contributed by atoms with E-state index in [4.69, 9.17) is 0 Å². The number of fused-ring (bicyclic) bond motifs is 1. The first-order valence-electron chi connectivity index (χ1n) is 5.57. The predicted molar refractivity (Wildman–Crippen MR) is 66.0 cm³/mol. The molecule has 3 amide bonds. The molecular weight excluding hydrogens is 236 g/mol. The first kappa shape index (κ1) is 12.3. The Morgan fingerprint density at radius 3 is 2.67 bits per heavy atom. The summed E-state index contributed by atoms with van der Waals surface area (Å²) in [6, 6.07) is -0.907. The van der Waals surface area contributed by atoms with E-state index in [-0.39, 0.29) is 11.9 Å². The second-order valence-electron chi connectivity index (χ2n) is 4.47. The number of imide groups is 1. The first-order valence-corrected chi connectivity index (χ1v) is 5.57. The molecule has 2 rings (SSSR count). The van der Waals surface area contributed by atoms with Crippen molar-refractivity contribution in [3.63, 3.8) is 0 Å². The smallest absolute Gasteiger partial charge is 0.328 e. The highest BCUT2D eigenvalue weighted by Crippen LogP contribution is 2.19. The van der Waals surface area contributed by atoms with Crippen molar-refractivity contribution in [1.82, 2.24) is 20.5 Å². The maximum Gasteiger partial charge on any atom is 0.328 e. The van der Waals surface area contributed by atoms with Crippen molar-refractivity contribution in [3.8, 4) is 0 Å². The molecule has 18 heavy (non-hydrogen) atoms. The standard InChI is InChI=1S/C10H16N6O2/c1-5(2)13-14-9-11-6-7(12-9)15(3)10(18)16(4)8(6)17/h6-7H,1-4H3,(H2,11,12,14)/t6-,7+/m0/s1. The summed E-state index contributed by atoms with van der Waals surface area (Å²) >= 11 is 0. The zero-order chi connectivity index (χ0) is 13.4. The molecule has 1 saturated heterocycles. The molecule has 0 aliphatic carbocycles. The van der Waals surface area contributed by atoms with Gasteiger partial charge in [-0.15, -0.1) is 0 Å². The third-order valence-corrected chi connectivity index (χ3v) is 2.82. The monoisotopic (exact) mass is 252 g/mol. The third-order valence-electron chi connectivity index (χ3n) is 2.82. The molecule has 0 bridgehead atoms. The number of guanidine groups is 1. The van der Waals surface area contributed by atoms with Crippen LogP contribution in [0.3, 0.4) is 0 Å². The van der Waals surface area contributed by atoms with Crippen LogP contribution in [-0.2, 0) is 4.79 Å². The lowest BCUT2D eigenvalue weighted by molar-refractivity contribution is -0.133. The van der Waals surface area contributed by atoms with Crippen molar-refractivity contribution in [2.45, 2.75) is 26.1 Å². The molecule has 2 aliphatic rings. The van der Waals surface area contributed by atoms with Gasteiger partial charge >= 0.3 is 6.03 Å². The summed E-state index contributed by atoms with van der Waals surface area (Å²) in [5, 5.41) is 6.92. The Morgan fingerprint density at radius 1 is 1.39 bits per heavy atom. The number of nitrogens with zero attached hydrogens (tertiary/aromatic N) is 4. The number of aliphatic imine (C=N–C) groups is 1. The first-order chi connectivity index (χ1) is 8.41. The van der Waals surface area contributed by atoms with Gasteiger partial charge in [-0.1, -0.05) is 0 Å². The fraction of sp³-hybridized carbons (Fsp3) is 0.600. The molecule has 2 heterocycles. The van der Waals surface area contributed by atoms with Crippen molar-refractivity contribution >= 4 is 23.6 Å². The number of urea groups is 1. The summed E-state index contributed by atoms with van der Waals surface area (Å²) in [4.78, 5) is 30.4. The van der Waals surface area contributed by atoms with Gasteiger partial charge in [0.1, 0.15) is 6.04 Å². The summed E-state index contributed by atoms with van der Waals surface area (Å²) < 4.78 is 0. The van der Waals surface area contributed by atoms with Gasteiger partial charge in [0.2, 0.25) is 5.96 Å². The van der Waals surface area contributed by atoms with Gasteiger partial charge in [-0.25, -0.2) is 15.2 Å². The van der Waals surface area contributed by atoms with E-state index in [1.54, 1.807) is 7.05 Å². The fourth-order valence-corrected chi connectivity index (χ4v) is 1.84. The van der Waals surface area contributed by atoms with Gasteiger partial charge < -0.3 is 10.2 Å². The number of amides is 3. The second kappa shape index (κ2) is 4.28. The summed E-state index contributed by atoms with van der Waals surface area (Å²) in [5.74, 6) is 0.107. The van der Waals surface area contributed by atoms with Crippen molar-refractivity contribution in [2.24, 2.45) is 10.1 Å². The quantitative estimate of drug-likeness (QED) is 0.470. The molecule has 2 N–H and O–H groups in total. The van der Waals surface area contributed by atoms with Crippen LogP contribution in [0.25, 0.3) is 0 Å². The van der Waals surface area contributed by atoms with Crippen LogP contribution in [0.1, 0.15) is 13.8 Å². The molecular formula is C10H16N6O2. The van der Waals surface area contributed by atoms with Crippen LogP contribution < -0.4 is 10.7 Å². The minimum absolute atomic E-state index is 0.291. The Hall–Kier alpha value is -2.12. The van der Waals surface area contributed by atoms with Crippen LogP contribution in [0.5, 0.6) is 0 Å². The van der Waals surface area contributed by atoms with E-state index in [9.17, 15) is 9.59 Å². The maximum absolute atomic E-state index is 11.9. The van der Waals surface area contributed by atoms with Crippen LogP contribution in [0.2, 0.25) is 0 Å². The number of carbonyl (C=O) groups excluding carboxylic acids is 2. The molecule has 0 aromatic rings. The maximum atomic E-state index is 11.9. The van der Waals surface area contributed by atoms with Crippen LogP contribution >= 0.6 is 0 Å². The Kier molecular flexibility index (Phi) is 2.93. The molecule has 0 spiro atoms. The Balaban J connectivity index is 2.18. The number of hydrogen-bond donors (Lipinski definition) is 2. The van der Waals surface area contributed by atoms with Crippen molar-refractivity contribution in [2.75, 3.05) is 14.1 Å². The van der Waals surface area contributed by atoms with Crippen LogP contribution in [0.15, 0.2) is 10.1 Å². The van der Waals surface area contributed by atoms with Crippen LogP contribution in [0.4, 0.5) is 4.79 Å². The second-order valence-corrected chi connectivity index (χ2v) is 4.47. The number of carbonyl (C=O) groups is 2. The normalized spacial score (nSPS) is 26.6. The lowest BCUT2D eigenvalue weighted by Gasteiger charge is -2.36. The van der Waals surface area contributed by atoms with E-state index in [1.165, 1.54) is 11.9 Å². The Labute approximate surface area is 105 Å². The van der Waals surface area contributed by atoms with E-state index in [2.05, 4.69) is 20.8 Å². The zero-order valence-electron chi connectivity index (χ0n) is 10.8. The van der Waals surface area contributed by atoms with Gasteiger partial charge in [0.25, 0.3) is 5.91 Å². The molecule has 0 unspecified atom stereocenters. The van der Waals surface area contributed by atoms with Crippen LogP contribution in [0, 0.1) is 0 Å². The van der Waals surface area contributed by atoms with Gasteiger partial charge in [-0.05, 0) is 13.8 Å². The molecule has 0 aromatic carbocycles. The van der Waals surface area contributed by atoms with Gasteiger partial charge in [0.15, 0.2) is 6.17 Å². The molecule has 0 aromatic heterocycles. The lowest BCUT2D eigenvalue weighted by Crippen LogP contribution is -2.63. The summed E-state index contributed by atoms with van der Waals surface area (Å²) in [7, 11) is 3.07. The predicted octanol–water partition coefficient (Wildman–Crippen LogP) is -0.850. The molecule has 2 aliphatic heterocycles. The SMILES string of the molecule is CC(C)=NNC1=N[C@H]2[C@H](N1)C(=O)N(C)C(=O)N2C. The Bertz CT molecular complexity index is 453. The molecule has 8 heteroatoms. The molecule has 2 atom stereocenters. The van der Waals surface area contributed by atoms with Crippen molar-refractivity contribution < 1.29 is 9.59 Å². The lowest BCUT2D eigenvalue weighted by atomic mass is 10.1. The summed E-state index contributed by atoms with van der Waals surface area (Å²) in [5.41, 5.74) is 3.56. The van der Waals surface area contributed by atoms with Crippen LogP contribution in [-0.4, -0.2) is 59.7 Å². The van der Waals surface area contributed by atoms with E-state index in [0.29, 0.717) is 5.96 Å². The Morgan fingerprint density at radius 2 is 2.06 bits per heavy atom. The highest BCUT2D eigenvalue weighted by Gasteiger charge is 2.46. The minimum atomic E-state index is -0.549. The summed E-state index contributed by atoms with van der Waals surface area (Å²) in [6.07, 6.45) is -0.518. The molecule has 0 saturated carbocycles. The van der Waals surface area contributed by atoms with Gasteiger partial charge in [0.05, 0.1) is 0 Å². The highest BCUT2D eigenvalue weighted by atomic mass is 16.2. The number of hydrazone groups is 1.